The van der Waals surface area contributed by atoms with E-state index in [1.807, 2.05) is 18.2 Å². The fourth-order valence-electron chi connectivity index (χ4n) is 5.66. The molecule has 2 saturated heterocycles. The lowest BCUT2D eigenvalue weighted by Crippen LogP contribution is -2.44. The Balaban J connectivity index is 1.34. The number of amides is 1. The fraction of sp³-hybridized carbons (Fsp3) is 0.355. The highest BCUT2D eigenvalue weighted by atomic mass is 16.5. The molecule has 11 nitrogen and oxygen atoms in total. The molecule has 0 aliphatic carbocycles. The molecule has 2 fully saturated rings. The summed E-state index contributed by atoms with van der Waals surface area (Å²) in [5.74, 6) is 0.889. The molecule has 218 valence electrons. The Bertz CT molecular complexity index is 1650. The van der Waals surface area contributed by atoms with E-state index in [1.165, 1.54) is 5.69 Å². The second kappa shape index (κ2) is 11.7. The van der Waals surface area contributed by atoms with Crippen LogP contribution in [0, 0.1) is 0 Å². The molecule has 42 heavy (non-hydrogen) atoms. The van der Waals surface area contributed by atoms with Crippen molar-refractivity contribution in [2.24, 2.45) is 0 Å². The van der Waals surface area contributed by atoms with E-state index in [0.717, 1.165) is 44.7 Å². The average Bonchev–Trinajstić information content (AvgIpc) is 3.00. The summed E-state index contributed by atoms with van der Waals surface area (Å²) in [7, 11) is 2.15. The van der Waals surface area contributed by atoms with Crippen molar-refractivity contribution in [3.05, 3.63) is 71.1 Å². The van der Waals surface area contributed by atoms with E-state index in [4.69, 9.17) is 15.5 Å². The number of nitrogens with zero attached hydrogens (tertiary/aromatic N) is 6. The van der Waals surface area contributed by atoms with Gasteiger partial charge in [-0.2, -0.15) is 4.98 Å². The third-order valence-electron chi connectivity index (χ3n) is 8.08. The molecule has 2 aliphatic heterocycles. The minimum Gasteiger partial charge on any atom is -0.449 e. The number of pyridine rings is 1. The summed E-state index contributed by atoms with van der Waals surface area (Å²) in [6.07, 6.45) is 3.20. The van der Waals surface area contributed by atoms with Gasteiger partial charge in [0.05, 0.1) is 11.7 Å². The number of likely N-dealkylation sites (N-methyl/N-ethyl adjacent to an activating group) is 1. The maximum absolute atomic E-state index is 14.0. The lowest BCUT2D eigenvalue weighted by atomic mass is 10.0. The number of carbonyl (C=O) groups excluding carboxylic acids is 1. The van der Waals surface area contributed by atoms with Gasteiger partial charge < -0.3 is 30.5 Å². The largest absolute Gasteiger partial charge is 0.449 e. The molecule has 0 bridgehead atoms. The van der Waals surface area contributed by atoms with Gasteiger partial charge in [-0.25, -0.2) is 4.98 Å². The van der Waals surface area contributed by atoms with E-state index in [0.29, 0.717) is 41.5 Å². The van der Waals surface area contributed by atoms with Crippen LogP contribution in [-0.2, 0) is 4.79 Å². The molecule has 1 atom stereocenters. The van der Waals surface area contributed by atoms with Crippen LogP contribution in [0.3, 0.4) is 0 Å². The van der Waals surface area contributed by atoms with Gasteiger partial charge in [0.25, 0.3) is 5.56 Å². The number of nitrogens with two attached hydrogens (primary N) is 1. The lowest BCUT2D eigenvalue weighted by Gasteiger charge is -2.34. The van der Waals surface area contributed by atoms with Gasteiger partial charge in [0.2, 0.25) is 11.9 Å². The van der Waals surface area contributed by atoms with Crippen molar-refractivity contribution >= 4 is 40.0 Å². The number of piperidine rings is 1. The molecular weight excluding hydrogens is 532 g/mol. The van der Waals surface area contributed by atoms with Crippen molar-refractivity contribution in [3.8, 4) is 11.5 Å². The summed E-state index contributed by atoms with van der Waals surface area (Å²) in [4.78, 5) is 42.0. The van der Waals surface area contributed by atoms with E-state index >= 15 is 0 Å². The average molecular weight is 569 g/mol. The van der Waals surface area contributed by atoms with Gasteiger partial charge in [-0.15, -0.1) is 0 Å². The Hall–Kier alpha value is -4.64. The summed E-state index contributed by atoms with van der Waals surface area (Å²) < 4.78 is 7.69. The highest BCUT2D eigenvalue weighted by Gasteiger charge is 2.27. The minimum atomic E-state index is -0.331. The van der Waals surface area contributed by atoms with Crippen LogP contribution in [0.2, 0.25) is 0 Å². The number of likely N-dealkylation sites (tertiary alicyclic amines) is 1. The number of hydrogen-bond acceptors (Lipinski definition) is 9. The summed E-state index contributed by atoms with van der Waals surface area (Å²) >= 11 is 0. The number of nitrogens with one attached hydrogen (secondary N) is 1. The zero-order valence-corrected chi connectivity index (χ0v) is 24.0. The highest BCUT2D eigenvalue weighted by Crippen LogP contribution is 2.30. The van der Waals surface area contributed by atoms with Crippen LogP contribution in [0.25, 0.3) is 11.0 Å². The number of piperazine rings is 1. The van der Waals surface area contributed by atoms with Gasteiger partial charge >= 0.3 is 0 Å². The number of carbonyl (C=O) groups is 1. The molecule has 4 heterocycles. The molecule has 1 amide bonds. The Morgan fingerprint density at radius 1 is 1.02 bits per heavy atom. The standard InChI is InChI=1S/C31H36N8O3/c1-21(40)38-13-5-6-25(20-38)39-29-22(18-28(30(39)41)42-27-8-4-3-7-26(27)32)19-33-31(35-29)34-23-9-11-24(12-10-23)37-16-14-36(2)15-17-37/h3-4,7-12,18-19,25H,5-6,13-17,20,32H2,1-2H3,(H,33,34,35). The number of aromatic nitrogens is 3. The van der Waals surface area contributed by atoms with E-state index in [9.17, 15) is 9.59 Å². The second-order valence-electron chi connectivity index (χ2n) is 11.0. The fourth-order valence-corrected chi connectivity index (χ4v) is 5.66. The molecular formula is C31H36N8O3. The molecule has 0 radical (unpaired) electrons. The number of benzene rings is 2. The molecule has 0 spiro atoms. The van der Waals surface area contributed by atoms with Crippen molar-refractivity contribution in [1.82, 2.24) is 24.3 Å². The molecule has 3 N–H and O–H groups in total. The molecule has 11 heteroatoms. The third kappa shape index (κ3) is 5.73. The topological polar surface area (TPSA) is 122 Å². The Labute approximate surface area is 244 Å². The smallest absolute Gasteiger partial charge is 0.295 e. The van der Waals surface area contributed by atoms with Crippen LogP contribution < -0.4 is 26.2 Å². The molecule has 2 aliphatic rings. The van der Waals surface area contributed by atoms with Crippen LogP contribution in [-0.4, -0.2) is 76.6 Å². The Kier molecular flexibility index (Phi) is 7.66. The molecule has 6 rings (SSSR count). The van der Waals surface area contributed by atoms with Crippen molar-refractivity contribution < 1.29 is 9.53 Å². The predicted octanol–water partition coefficient (Wildman–Crippen LogP) is 3.84. The molecule has 0 saturated carbocycles. The first-order valence-electron chi connectivity index (χ1n) is 14.4. The molecule has 4 aromatic rings. The van der Waals surface area contributed by atoms with E-state index < -0.39 is 0 Å². The third-order valence-corrected chi connectivity index (χ3v) is 8.08. The number of para-hydroxylation sites is 2. The maximum atomic E-state index is 14.0. The summed E-state index contributed by atoms with van der Waals surface area (Å²) in [5, 5.41) is 3.94. The first kappa shape index (κ1) is 27.5. The Morgan fingerprint density at radius 3 is 2.52 bits per heavy atom. The molecule has 2 aromatic heterocycles. The zero-order valence-electron chi connectivity index (χ0n) is 24.0. The SMILES string of the molecule is CC(=O)N1CCCC(n2c(=O)c(Oc3ccccc3N)cc3cnc(Nc4ccc(N5CCN(C)CC5)cc4)nc32)C1. The first-order chi connectivity index (χ1) is 20.4. The van der Waals surface area contributed by atoms with Gasteiger partial charge in [-0.1, -0.05) is 12.1 Å². The number of hydrogen-bond donors (Lipinski definition) is 2. The number of nitrogen functional groups attached to an aromatic ring is 1. The van der Waals surface area contributed by atoms with Gasteiger partial charge in [-0.05, 0) is 62.4 Å². The monoisotopic (exact) mass is 568 g/mol. The van der Waals surface area contributed by atoms with Gasteiger partial charge in [0.1, 0.15) is 5.65 Å². The Morgan fingerprint density at radius 2 is 1.79 bits per heavy atom. The van der Waals surface area contributed by atoms with E-state index in [1.54, 1.807) is 46.9 Å². The van der Waals surface area contributed by atoms with Crippen LogP contribution in [0.15, 0.2) is 65.6 Å². The normalized spacial score (nSPS) is 17.8. The quantitative estimate of drug-likeness (QED) is 0.334. The summed E-state index contributed by atoms with van der Waals surface area (Å²) in [6.45, 7) is 6.73. The van der Waals surface area contributed by atoms with Crippen LogP contribution in [0.5, 0.6) is 11.5 Å². The number of ether oxygens (including phenoxy) is 1. The van der Waals surface area contributed by atoms with E-state index in [-0.39, 0.29) is 23.3 Å². The molecule has 1 unspecified atom stereocenters. The second-order valence-corrected chi connectivity index (χ2v) is 11.0. The predicted molar refractivity (Wildman–Crippen MR) is 165 cm³/mol. The van der Waals surface area contributed by atoms with Crippen molar-refractivity contribution in [2.75, 3.05) is 62.3 Å². The van der Waals surface area contributed by atoms with Gasteiger partial charge in [-0.3, -0.25) is 14.2 Å². The maximum Gasteiger partial charge on any atom is 0.295 e. The highest BCUT2D eigenvalue weighted by molar-refractivity contribution is 5.78. The van der Waals surface area contributed by atoms with Crippen molar-refractivity contribution in [3.63, 3.8) is 0 Å². The van der Waals surface area contributed by atoms with Crippen molar-refractivity contribution in [1.29, 1.82) is 0 Å². The van der Waals surface area contributed by atoms with Crippen molar-refractivity contribution in [2.45, 2.75) is 25.8 Å². The van der Waals surface area contributed by atoms with E-state index in [2.05, 4.69) is 39.3 Å². The van der Waals surface area contributed by atoms with Gasteiger partial charge in [0, 0.05) is 69.2 Å². The van der Waals surface area contributed by atoms with Crippen LogP contribution in [0.1, 0.15) is 25.8 Å². The number of fused-ring (bicyclic) bond motifs is 1. The first-order valence-corrected chi connectivity index (χ1v) is 14.4. The van der Waals surface area contributed by atoms with Crippen LogP contribution >= 0.6 is 0 Å². The lowest BCUT2D eigenvalue weighted by molar-refractivity contribution is -0.130. The van der Waals surface area contributed by atoms with Gasteiger partial charge in [0.15, 0.2) is 11.5 Å². The summed E-state index contributed by atoms with van der Waals surface area (Å²) in [6, 6.07) is 16.7. The zero-order chi connectivity index (χ0) is 29.2. The van der Waals surface area contributed by atoms with Crippen LogP contribution in [0.4, 0.5) is 23.0 Å². The number of rotatable bonds is 6. The summed E-state index contributed by atoms with van der Waals surface area (Å²) in [5.41, 5.74) is 8.71. The number of anilines is 4. The minimum absolute atomic E-state index is 0.0153. The molecule has 2 aromatic carbocycles.